The molecule has 0 bridgehead atoms. The number of carbonyl (C=O) groups excluding carboxylic acids is 1. The molecule has 3 heterocycles. The molecule has 0 unspecified atom stereocenters. The van der Waals surface area contributed by atoms with Gasteiger partial charge in [-0.3, -0.25) is 19.2 Å². The second-order valence-electron chi connectivity index (χ2n) is 10.3. The Hall–Kier alpha value is -4.72. The van der Waals surface area contributed by atoms with E-state index >= 15 is 0 Å². The maximum atomic E-state index is 14.9. The number of nitrogens with zero attached hydrogens (tertiary/aromatic N) is 4. The number of likely N-dealkylation sites (N-methyl/N-ethyl adjacent to an activating group) is 1. The molecule has 13 heteroatoms. The van der Waals surface area contributed by atoms with Gasteiger partial charge in [0, 0.05) is 49.1 Å². The quantitative estimate of drug-likeness (QED) is 0.216. The van der Waals surface area contributed by atoms with Crippen LogP contribution in [-0.4, -0.2) is 58.9 Å². The number of methoxy groups -OCH3 is 1. The monoisotopic (exact) mass is 634 g/mol. The van der Waals surface area contributed by atoms with Gasteiger partial charge in [0.2, 0.25) is 0 Å². The molecule has 0 aliphatic carbocycles. The molecule has 5 aromatic rings. The van der Waals surface area contributed by atoms with Crippen LogP contribution in [-0.2, 0) is 17.8 Å². The number of urea groups is 1. The molecule has 0 aliphatic rings. The summed E-state index contributed by atoms with van der Waals surface area (Å²) < 4.78 is 37.3. The summed E-state index contributed by atoms with van der Waals surface area (Å²) in [6, 6.07) is 13.4. The summed E-state index contributed by atoms with van der Waals surface area (Å²) in [5.41, 5.74) is 0.545. The van der Waals surface area contributed by atoms with E-state index in [0.717, 1.165) is 22.3 Å². The molecule has 0 fully saturated rings. The number of fused-ring (bicyclic) bond motifs is 1. The van der Waals surface area contributed by atoms with E-state index in [-0.39, 0.29) is 27.5 Å². The average molecular weight is 635 g/mol. The van der Waals surface area contributed by atoms with E-state index in [1.807, 2.05) is 31.0 Å². The van der Waals surface area contributed by atoms with Crippen LogP contribution >= 0.6 is 11.3 Å². The van der Waals surface area contributed by atoms with Crippen molar-refractivity contribution < 1.29 is 18.3 Å². The Morgan fingerprint density at radius 3 is 2.42 bits per heavy atom. The van der Waals surface area contributed by atoms with Crippen LogP contribution in [0, 0.1) is 11.6 Å². The van der Waals surface area contributed by atoms with E-state index in [1.54, 1.807) is 31.4 Å². The fourth-order valence-corrected chi connectivity index (χ4v) is 6.29. The summed E-state index contributed by atoms with van der Waals surface area (Å²) in [6.07, 6.45) is 2.91. The predicted octanol–water partition coefficient (Wildman–Crippen LogP) is 4.82. The Morgan fingerprint density at radius 1 is 1.04 bits per heavy atom. The van der Waals surface area contributed by atoms with Crippen molar-refractivity contribution in [2.45, 2.75) is 20.0 Å². The minimum atomic E-state index is -0.805. The van der Waals surface area contributed by atoms with Crippen molar-refractivity contribution in [1.29, 1.82) is 0 Å². The first-order valence-corrected chi connectivity index (χ1v) is 15.0. The number of aromatic nitrogens is 3. The largest absolute Gasteiger partial charge is 0.383 e. The maximum Gasteiger partial charge on any atom is 0.337 e. The number of nitrogens with one attached hydrogen (secondary N) is 2. The molecule has 2 amide bonds. The maximum absolute atomic E-state index is 14.9. The van der Waals surface area contributed by atoms with Crippen molar-refractivity contribution in [1.82, 2.24) is 24.3 Å². The van der Waals surface area contributed by atoms with E-state index < -0.39 is 29.4 Å². The van der Waals surface area contributed by atoms with Gasteiger partial charge in [0.1, 0.15) is 16.5 Å². The molecule has 234 valence electrons. The van der Waals surface area contributed by atoms with Crippen LogP contribution in [0.1, 0.15) is 18.1 Å². The lowest BCUT2D eigenvalue weighted by Crippen LogP contribution is -2.39. The van der Waals surface area contributed by atoms with Gasteiger partial charge in [-0.05, 0) is 61.5 Å². The van der Waals surface area contributed by atoms with Crippen LogP contribution in [0.2, 0.25) is 0 Å². The average Bonchev–Trinajstić information content (AvgIpc) is 3.39. The first-order valence-electron chi connectivity index (χ1n) is 14.2. The third kappa shape index (κ3) is 6.70. The summed E-state index contributed by atoms with van der Waals surface area (Å²) in [5, 5.41) is 5.70. The molecule has 2 N–H and O–H groups in total. The third-order valence-electron chi connectivity index (χ3n) is 7.20. The van der Waals surface area contributed by atoms with Crippen molar-refractivity contribution in [3.8, 4) is 16.1 Å². The Kier molecular flexibility index (Phi) is 9.81. The molecule has 0 aliphatic heterocycles. The molecule has 2 aromatic carbocycles. The molecule has 5 rings (SSSR count). The minimum absolute atomic E-state index is 0.226. The normalized spacial score (nSPS) is 11.3. The lowest BCUT2D eigenvalue weighted by Gasteiger charge is -2.18. The molecule has 0 radical (unpaired) electrons. The Balaban J connectivity index is 1.78. The number of thiophene rings is 1. The van der Waals surface area contributed by atoms with Crippen molar-refractivity contribution in [3.05, 3.63) is 111 Å². The van der Waals surface area contributed by atoms with Gasteiger partial charge in [0.15, 0.2) is 0 Å². The van der Waals surface area contributed by atoms with Gasteiger partial charge in [-0.15, -0.1) is 11.3 Å². The number of carbonyl (C=O) groups is 1. The molecule has 0 atom stereocenters. The fourth-order valence-electron chi connectivity index (χ4n) is 4.98. The van der Waals surface area contributed by atoms with E-state index in [0.29, 0.717) is 42.4 Å². The number of amides is 2. The standard InChI is InChI=1S/C32H32F2N6O4S/c1-4-36-31(42)37-21-12-10-20(11-13-21)28-24(18-38(2)15-16-44-3)27-29(41)40(22-7-6-14-35-17-22)32(43)39(30(27)45-28)19-23-25(33)8-5-9-26(23)34/h5-14,17H,4,15-16,18-19H2,1-3H3,(H2,36,37,42). The van der Waals surface area contributed by atoms with Crippen LogP contribution in [0.3, 0.4) is 0 Å². The number of ether oxygens (including phenoxy) is 1. The second kappa shape index (κ2) is 13.9. The SMILES string of the molecule is CCNC(=O)Nc1ccc(-c2sc3c(c2CN(C)CCOC)c(=O)n(-c2cccnc2)c(=O)n3Cc2c(F)cccc2F)cc1. The molecular weight excluding hydrogens is 602 g/mol. The van der Waals surface area contributed by atoms with Crippen LogP contribution in [0.4, 0.5) is 19.3 Å². The molecule has 10 nitrogen and oxygen atoms in total. The first kappa shape index (κ1) is 31.7. The smallest absolute Gasteiger partial charge is 0.337 e. The van der Waals surface area contributed by atoms with Crippen LogP contribution in [0.25, 0.3) is 26.3 Å². The van der Waals surface area contributed by atoms with Crippen molar-refractivity contribution in [2.24, 2.45) is 0 Å². The highest BCUT2D eigenvalue weighted by Gasteiger charge is 2.25. The highest BCUT2D eigenvalue weighted by atomic mass is 32.1. The Bertz CT molecular complexity index is 1920. The summed E-state index contributed by atoms with van der Waals surface area (Å²) in [5.74, 6) is -1.61. The van der Waals surface area contributed by atoms with Gasteiger partial charge in [-0.2, -0.15) is 0 Å². The summed E-state index contributed by atoms with van der Waals surface area (Å²) in [7, 11) is 3.48. The number of hydrogen-bond acceptors (Lipinski definition) is 7. The third-order valence-corrected chi connectivity index (χ3v) is 8.51. The molecule has 3 aromatic heterocycles. The topological polar surface area (TPSA) is 110 Å². The van der Waals surface area contributed by atoms with E-state index in [9.17, 15) is 23.2 Å². The summed E-state index contributed by atoms with van der Waals surface area (Å²) in [6.45, 7) is 3.16. The van der Waals surface area contributed by atoms with Gasteiger partial charge in [0.05, 0.1) is 30.4 Å². The second-order valence-corrected chi connectivity index (χ2v) is 11.3. The molecule has 0 saturated carbocycles. The zero-order chi connectivity index (χ0) is 32.1. The molecular formula is C32H32F2N6O4S. The molecule has 0 spiro atoms. The van der Waals surface area contributed by atoms with Gasteiger partial charge in [-0.1, -0.05) is 18.2 Å². The van der Waals surface area contributed by atoms with Crippen LogP contribution in [0.15, 0.2) is 76.6 Å². The zero-order valence-electron chi connectivity index (χ0n) is 25.0. The van der Waals surface area contributed by atoms with Gasteiger partial charge in [-0.25, -0.2) is 22.9 Å². The van der Waals surface area contributed by atoms with Gasteiger partial charge < -0.3 is 15.4 Å². The molecule has 0 saturated heterocycles. The van der Waals surface area contributed by atoms with E-state index in [4.69, 9.17) is 4.74 Å². The highest BCUT2D eigenvalue weighted by Crippen LogP contribution is 2.38. The Labute approximate surface area is 261 Å². The number of benzene rings is 2. The number of hydrogen-bond donors (Lipinski definition) is 2. The van der Waals surface area contributed by atoms with Crippen molar-refractivity contribution >= 4 is 33.3 Å². The lowest BCUT2D eigenvalue weighted by atomic mass is 10.1. The highest BCUT2D eigenvalue weighted by molar-refractivity contribution is 7.22. The fraction of sp³-hybridized carbons (Fsp3) is 0.250. The van der Waals surface area contributed by atoms with E-state index in [1.165, 1.54) is 34.4 Å². The van der Waals surface area contributed by atoms with E-state index in [2.05, 4.69) is 15.6 Å². The zero-order valence-corrected chi connectivity index (χ0v) is 25.8. The Morgan fingerprint density at radius 2 is 1.78 bits per heavy atom. The van der Waals surface area contributed by atoms with Crippen molar-refractivity contribution in [2.75, 3.05) is 39.2 Å². The predicted molar refractivity (Wildman–Crippen MR) is 171 cm³/mol. The number of anilines is 1. The minimum Gasteiger partial charge on any atom is -0.383 e. The summed E-state index contributed by atoms with van der Waals surface area (Å²) >= 11 is 1.19. The van der Waals surface area contributed by atoms with Crippen LogP contribution < -0.4 is 21.9 Å². The number of pyridine rings is 1. The number of rotatable bonds is 11. The lowest BCUT2D eigenvalue weighted by molar-refractivity contribution is 0.159. The summed E-state index contributed by atoms with van der Waals surface area (Å²) in [4.78, 5) is 47.4. The van der Waals surface area contributed by atoms with Gasteiger partial charge >= 0.3 is 11.7 Å². The van der Waals surface area contributed by atoms with Crippen molar-refractivity contribution in [3.63, 3.8) is 0 Å². The number of halogens is 2. The van der Waals surface area contributed by atoms with Gasteiger partial charge in [0.25, 0.3) is 5.56 Å². The first-order chi connectivity index (χ1) is 21.7. The van der Waals surface area contributed by atoms with Crippen LogP contribution in [0.5, 0.6) is 0 Å². The molecule has 45 heavy (non-hydrogen) atoms.